The van der Waals surface area contributed by atoms with Crippen LogP contribution in [0.25, 0.3) is 0 Å². The van der Waals surface area contributed by atoms with Crippen molar-refractivity contribution in [3.8, 4) is 0 Å². The molecule has 0 aromatic carbocycles. The van der Waals surface area contributed by atoms with E-state index in [2.05, 4.69) is 38.2 Å². The van der Waals surface area contributed by atoms with Crippen molar-refractivity contribution in [1.29, 1.82) is 0 Å². The number of carbonyl (C=O) groups is 2. The molecule has 11 unspecified atom stereocenters. The summed E-state index contributed by atoms with van der Waals surface area (Å²) in [5.41, 5.74) is 0. The van der Waals surface area contributed by atoms with Crippen LogP contribution in [0.1, 0.15) is 181 Å². The first-order chi connectivity index (χ1) is 31.0. The Morgan fingerprint density at radius 2 is 0.906 bits per heavy atom. The van der Waals surface area contributed by atoms with Crippen LogP contribution in [-0.4, -0.2) is 142 Å². The van der Waals surface area contributed by atoms with E-state index in [-0.39, 0.29) is 26.1 Å². The highest BCUT2D eigenvalue weighted by atomic mass is 16.7. The lowest BCUT2D eigenvalue weighted by molar-refractivity contribution is -0.332. The van der Waals surface area contributed by atoms with E-state index < -0.39 is 92.7 Å². The van der Waals surface area contributed by atoms with Gasteiger partial charge in [0.15, 0.2) is 18.7 Å². The molecule has 0 bridgehead atoms. The second-order valence-corrected chi connectivity index (χ2v) is 17.6. The third-order valence-electron chi connectivity index (χ3n) is 11.9. The molecule has 7 N–H and O–H groups in total. The van der Waals surface area contributed by atoms with Gasteiger partial charge >= 0.3 is 11.9 Å². The summed E-state index contributed by atoms with van der Waals surface area (Å²) in [6.45, 7) is 2.53. The topological polar surface area (TPSA) is 231 Å². The highest BCUT2D eigenvalue weighted by molar-refractivity contribution is 5.70. The van der Waals surface area contributed by atoms with Crippen LogP contribution in [0.2, 0.25) is 0 Å². The summed E-state index contributed by atoms with van der Waals surface area (Å²) >= 11 is 0. The van der Waals surface area contributed by atoms with Crippen molar-refractivity contribution in [3.63, 3.8) is 0 Å². The number of unbranched alkanes of at least 4 members (excludes halogenated alkanes) is 20. The molecule has 0 aromatic heterocycles. The van der Waals surface area contributed by atoms with Crippen LogP contribution in [0.4, 0.5) is 0 Å². The lowest BCUT2D eigenvalue weighted by atomic mass is 9.98. The van der Waals surface area contributed by atoms with Gasteiger partial charge in [0.2, 0.25) is 0 Å². The maximum atomic E-state index is 13.0. The van der Waals surface area contributed by atoms with Crippen molar-refractivity contribution >= 4 is 11.9 Å². The van der Waals surface area contributed by atoms with E-state index in [0.717, 1.165) is 70.6 Å². The summed E-state index contributed by atoms with van der Waals surface area (Å²) in [5.74, 6) is -0.939. The standard InChI is InChI=1S/C49H88O15/c1-3-5-7-9-11-13-15-16-17-18-19-20-22-24-26-28-30-32-41(52)62-37(34-59-40(51)31-29-27-25-23-21-14-12-10-8-6-4-2)35-60-48-47(58)45(56)43(54)39(64-48)36-61-49-46(57)44(55)42(53)38(33-50)63-49/h10,12,16-17,37-39,42-50,53-58H,3-9,11,13-15,18-36H2,1-2H3/b12-10-,17-16-. The van der Waals surface area contributed by atoms with E-state index in [1.165, 1.54) is 70.6 Å². The summed E-state index contributed by atoms with van der Waals surface area (Å²) in [6.07, 6.45) is 19.3. The van der Waals surface area contributed by atoms with E-state index in [1.54, 1.807) is 0 Å². The van der Waals surface area contributed by atoms with E-state index in [4.69, 9.17) is 28.4 Å². The van der Waals surface area contributed by atoms with Gasteiger partial charge in [-0.2, -0.15) is 0 Å². The smallest absolute Gasteiger partial charge is 0.306 e. The Kier molecular flexibility index (Phi) is 33.6. The number of esters is 2. The van der Waals surface area contributed by atoms with Crippen molar-refractivity contribution < 1.29 is 73.8 Å². The Bertz CT molecular complexity index is 1220. The zero-order chi connectivity index (χ0) is 46.8. The molecular formula is C49H88O15. The number of rotatable bonds is 38. The second-order valence-electron chi connectivity index (χ2n) is 17.6. The fourth-order valence-corrected chi connectivity index (χ4v) is 7.72. The number of carbonyl (C=O) groups excluding carboxylic acids is 2. The van der Waals surface area contributed by atoms with E-state index in [9.17, 15) is 45.3 Å². The molecule has 0 aromatic rings. The molecule has 15 heteroatoms. The van der Waals surface area contributed by atoms with E-state index >= 15 is 0 Å². The largest absolute Gasteiger partial charge is 0.462 e. The Morgan fingerprint density at radius 3 is 1.42 bits per heavy atom. The monoisotopic (exact) mass is 917 g/mol. The fraction of sp³-hybridized carbons (Fsp3) is 0.878. The molecule has 2 saturated heterocycles. The lowest BCUT2D eigenvalue weighted by Crippen LogP contribution is -2.61. The molecule has 2 heterocycles. The first-order valence-electron chi connectivity index (χ1n) is 24.9. The molecule has 64 heavy (non-hydrogen) atoms. The first-order valence-corrected chi connectivity index (χ1v) is 24.9. The molecule has 0 spiro atoms. The van der Waals surface area contributed by atoms with Gasteiger partial charge < -0.3 is 64.2 Å². The van der Waals surface area contributed by atoms with Gasteiger partial charge in [0.1, 0.15) is 55.4 Å². The van der Waals surface area contributed by atoms with Gasteiger partial charge in [-0.1, -0.05) is 134 Å². The number of hydrogen-bond donors (Lipinski definition) is 7. The molecule has 2 aliphatic heterocycles. The second kappa shape index (κ2) is 37.0. The van der Waals surface area contributed by atoms with Crippen molar-refractivity contribution in [3.05, 3.63) is 24.3 Å². The maximum absolute atomic E-state index is 13.0. The van der Waals surface area contributed by atoms with Crippen molar-refractivity contribution in [2.45, 2.75) is 248 Å². The van der Waals surface area contributed by atoms with Crippen LogP contribution in [0.3, 0.4) is 0 Å². The average Bonchev–Trinajstić information content (AvgIpc) is 3.29. The predicted octanol–water partition coefficient (Wildman–Crippen LogP) is 6.38. The zero-order valence-electron chi connectivity index (χ0n) is 39.3. The molecule has 11 atom stereocenters. The quantitative estimate of drug-likeness (QED) is 0.0203. The Labute approximate surface area is 383 Å². The molecule has 0 radical (unpaired) electrons. The minimum atomic E-state index is -1.76. The SMILES string of the molecule is CCCC/C=C\CCCCCCCC(=O)OCC(COC1OC(COC2OC(CO)C(O)C(O)C2O)C(O)C(O)C1O)OC(=O)CCCCCCCCC/C=C\CCCCCCCC. The van der Waals surface area contributed by atoms with E-state index in [0.29, 0.717) is 12.8 Å². The summed E-state index contributed by atoms with van der Waals surface area (Å²) < 4.78 is 33.5. The molecule has 2 fully saturated rings. The maximum Gasteiger partial charge on any atom is 0.306 e. The van der Waals surface area contributed by atoms with E-state index in [1.807, 2.05) is 0 Å². The van der Waals surface area contributed by atoms with Gasteiger partial charge in [-0.05, 0) is 57.8 Å². The lowest BCUT2D eigenvalue weighted by Gasteiger charge is -2.42. The normalized spacial score (nSPS) is 26.8. The minimum Gasteiger partial charge on any atom is -0.462 e. The van der Waals surface area contributed by atoms with Crippen LogP contribution in [0.5, 0.6) is 0 Å². The zero-order valence-corrected chi connectivity index (χ0v) is 39.3. The van der Waals surface area contributed by atoms with Crippen molar-refractivity contribution in [2.24, 2.45) is 0 Å². The van der Waals surface area contributed by atoms with Crippen LogP contribution in [-0.2, 0) is 38.0 Å². The number of ether oxygens (including phenoxy) is 6. The van der Waals surface area contributed by atoms with Crippen LogP contribution in [0.15, 0.2) is 24.3 Å². The van der Waals surface area contributed by atoms with Gasteiger partial charge in [-0.15, -0.1) is 0 Å². The summed E-state index contributed by atoms with van der Waals surface area (Å²) in [7, 11) is 0. The molecule has 374 valence electrons. The molecule has 15 nitrogen and oxygen atoms in total. The Hall–Kier alpha value is -2.02. The number of aliphatic hydroxyl groups excluding tert-OH is 7. The van der Waals surface area contributed by atoms with Gasteiger partial charge in [0.25, 0.3) is 0 Å². The van der Waals surface area contributed by atoms with Crippen molar-refractivity contribution in [2.75, 3.05) is 26.4 Å². The van der Waals surface area contributed by atoms with Crippen molar-refractivity contribution in [1.82, 2.24) is 0 Å². The third-order valence-corrected chi connectivity index (χ3v) is 11.9. The summed E-state index contributed by atoms with van der Waals surface area (Å²) in [4.78, 5) is 25.7. The number of aliphatic hydroxyl groups is 7. The molecule has 2 aliphatic rings. The molecule has 0 aliphatic carbocycles. The fourth-order valence-electron chi connectivity index (χ4n) is 7.72. The Morgan fingerprint density at radius 1 is 0.484 bits per heavy atom. The van der Waals surface area contributed by atoms with Crippen LogP contribution in [0, 0.1) is 0 Å². The first kappa shape index (κ1) is 58.1. The summed E-state index contributed by atoms with van der Waals surface area (Å²) in [5, 5.41) is 72.0. The molecule has 2 rings (SSSR count). The number of allylic oxidation sites excluding steroid dienone is 4. The summed E-state index contributed by atoms with van der Waals surface area (Å²) in [6, 6.07) is 0. The Balaban J connectivity index is 1.82. The predicted molar refractivity (Wildman–Crippen MR) is 243 cm³/mol. The van der Waals surface area contributed by atoms with Gasteiger partial charge in [-0.25, -0.2) is 0 Å². The number of hydrogen-bond acceptors (Lipinski definition) is 15. The molecule has 0 amide bonds. The van der Waals surface area contributed by atoms with Gasteiger partial charge in [0.05, 0.1) is 19.8 Å². The molecule has 0 saturated carbocycles. The van der Waals surface area contributed by atoms with Crippen LogP contribution < -0.4 is 0 Å². The average molecular weight is 917 g/mol. The van der Waals surface area contributed by atoms with Gasteiger partial charge in [0, 0.05) is 12.8 Å². The highest BCUT2D eigenvalue weighted by Gasteiger charge is 2.47. The van der Waals surface area contributed by atoms with Crippen LogP contribution >= 0.6 is 0 Å². The highest BCUT2D eigenvalue weighted by Crippen LogP contribution is 2.26. The minimum absolute atomic E-state index is 0.160. The third kappa shape index (κ3) is 25.2. The molecular weight excluding hydrogens is 829 g/mol. The van der Waals surface area contributed by atoms with Gasteiger partial charge in [-0.3, -0.25) is 9.59 Å².